The maximum Gasteiger partial charge on any atom is 0.229 e. The number of aryl methyl sites for hydroxylation is 1. The Morgan fingerprint density at radius 2 is 2.21 bits per heavy atom. The standard InChI is InChI=1S/C14H18N4O/c1-17-8-16-12-7-11(3-4-13(12)17)18(2)14(19)9-5-10(15)6-9/h3-4,7-10H,5-6,15H2,1-2H3. The number of carbonyl (C=O) groups is 1. The fourth-order valence-corrected chi connectivity index (χ4v) is 2.60. The van der Waals surface area contributed by atoms with Gasteiger partial charge in [0.15, 0.2) is 0 Å². The predicted octanol–water partition coefficient (Wildman–Crippen LogP) is 1.27. The molecule has 0 spiro atoms. The lowest BCUT2D eigenvalue weighted by Gasteiger charge is -2.34. The van der Waals surface area contributed by atoms with Crippen molar-refractivity contribution in [1.29, 1.82) is 0 Å². The summed E-state index contributed by atoms with van der Waals surface area (Å²) >= 11 is 0. The van der Waals surface area contributed by atoms with Gasteiger partial charge in [0.25, 0.3) is 0 Å². The van der Waals surface area contributed by atoms with Gasteiger partial charge in [-0.15, -0.1) is 0 Å². The number of nitrogens with zero attached hydrogens (tertiary/aromatic N) is 3. The lowest BCUT2D eigenvalue weighted by Crippen LogP contribution is -2.45. The second-order valence-corrected chi connectivity index (χ2v) is 5.35. The number of rotatable bonds is 2. The quantitative estimate of drug-likeness (QED) is 0.882. The molecule has 5 nitrogen and oxygen atoms in total. The van der Waals surface area contributed by atoms with Crippen LogP contribution < -0.4 is 10.6 Å². The van der Waals surface area contributed by atoms with Crippen molar-refractivity contribution >= 4 is 22.6 Å². The highest BCUT2D eigenvalue weighted by atomic mass is 16.2. The number of aromatic nitrogens is 2. The molecule has 0 aliphatic heterocycles. The number of anilines is 1. The van der Waals surface area contributed by atoms with Gasteiger partial charge in [0.1, 0.15) is 0 Å². The molecule has 1 heterocycles. The molecule has 0 atom stereocenters. The molecule has 1 saturated carbocycles. The van der Waals surface area contributed by atoms with E-state index in [2.05, 4.69) is 4.98 Å². The molecule has 2 N–H and O–H groups in total. The van der Waals surface area contributed by atoms with Crippen molar-refractivity contribution in [2.45, 2.75) is 18.9 Å². The van der Waals surface area contributed by atoms with Crippen LogP contribution in [0.15, 0.2) is 24.5 Å². The zero-order valence-electron chi connectivity index (χ0n) is 11.2. The minimum atomic E-state index is 0.0828. The Balaban J connectivity index is 1.84. The minimum absolute atomic E-state index is 0.0828. The molecule has 100 valence electrons. The Kier molecular flexibility index (Phi) is 2.78. The van der Waals surface area contributed by atoms with Gasteiger partial charge in [-0.1, -0.05) is 0 Å². The van der Waals surface area contributed by atoms with Crippen molar-refractivity contribution in [2.75, 3.05) is 11.9 Å². The first-order valence-corrected chi connectivity index (χ1v) is 6.50. The second kappa shape index (κ2) is 4.35. The molecule has 2 aromatic rings. The zero-order chi connectivity index (χ0) is 13.6. The molecule has 3 rings (SSSR count). The zero-order valence-corrected chi connectivity index (χ0v) is 11.2. The molecule has 1 aromatic carbocycles. The number of fused-ring (bicyclic) bond motifs is 1. The summed E-state index contributed by atoms with van der Waals surface area (Å²) in [6, 6.07) is 6.10. The van der Waals surface area contributed by atoms with Crippen molar-refractivity contribution in [1.82, 2.24) is 9.55 Å². The van der Waals surface area contributed by atoms with E-state index >= 15 is 0 Å². The fraction of sp³-hybridized carbons (Fsp3) is 0.429. The van der Waals surface area contributed by atoms with Gasteiger partial charge in [0, 0.05) is 31.7 Å². The number of hydrogen-bond acceptors (Lipinski definition) is 3. The molecule has 1 amide bonds. The van der Waals surface area contributed by atoms with E-state index in [1.165, 1.54) is 0 Å². The Bertz CT molecular complexity index is 627. The molecule has 0 bridgehead atoms. The average molecular weight is 258 g/mol. The minimum Gasteiger partial charge on any atom is -0.334 e. The second-order valence-electron chi connectivity index (χ2n) is 5.35. The van der Waals surface area contributed by atoms with E-state index in [0.29, 0.717) is 0 Å². The molecule has 1 aliphatic rings. The highest BCUT2D eigenvalue weighted by molar-refractivity contribution is 5.96. The van der Waals surface area contributed by atoms with E-state index in [4.69, 9.17) is 5.73 Å². The van der Waals surface area contributed by atoms with E-state index in [-0.39, 0.29) is 17.9 Å². The highest BCUT2D eigenvalue weighted by Gasteiger charge is 2.34. The fourth-order valence-electron chi connectivity index (χ4n) is 2.60. The van der Waals surface area contributed by atoms with Crippen LogP contribution in [0.1, 0.15) is 12.8 Å². The first-order chi connectivity index (χ1) is 9.06. The molecule has 0 radical (unpaired) electrons. The van der Waals surface area contributed by atoms with Crippen molar-refractivity contribution in [2.24, 2.45) is 18.7 Å². The van der Waals surface area contributed by atoms with E-state index in [0.717, 1.165) is 29.6 Å². The highest BCUT2D eigenvalue weighted by Crippen LogP contribution is 2.29. The summed E-state index contributed by atoms with van der Waals surface area (Å²) in [5.74, 6) is 0.233. The molecule has 1 fully saturated rings. The molecule has 1 aromatic heterocycles. The molecule has 0 unspecified atom stereocenters. The number of hydrogen-bond donors (Lipinski definition) is 1. The lowest BCUT2D eigenvalue weighted by molar-refractivity contribution is -0.124. The van der Waals surface area contributed by atoms with Crippen LogP contribution in [0.2, 0.25) is 0 Å². The Labute approximate surface area is 112 Å². The van der Waals surface area contributed by atoms with E-state index < -0.39 is 0 Å². The van der Waals surface area contributed by atoms with Crippen LogP contribution >= 0.6 is 0 Å². The van der Waals surface area contributed by atoms with Crippen LogP contribution in [-0.2, 0) is 11.8 Å². The van der Waals surface area contributed by atoms with Crippen LogP contribution in [0.5, 0.6) is 0 Å². The Morgan fingerprint density at radius 1 is 1.47 bits per heavy atom. The van der Waals surface area contributed by atoms with Crippen molar-refractivity contribution in [3.05, 3.63) is 24.5 Å². The summed E-state index contributed by atoms with van der Waals surface area (Å²) in [5, 5.41) is 0. The van der Waals surface area contributed by atoms with Gasteiger partial charge in [0.05, 0.1) is 17.4 Å². The van der Waals surface area contributed by atoms with Crippen LogP contribution in [0, 0.1) is 5.92 Å². The summed E-state index contributed by atoms with van der Waals surface area (Å²) in [6.45, 7) is 0. The third-order valence-electron chi connectivity index (χ3n) is 3.95. The molecular weight excluding hydrogens is 240 g/mol. The smallest absolute Gasteiger partial charge is 0.229 e. The Hall–Kier alpha value is -1.88. The van der Waals surface area contributed by atoms with E-state index in [1.807, 2.05) is 36.9 Å². The van der Waals surface area contributed by atoms with E-state index in [1.54, 1.807) is 11.2 Å². The molecular formula is C14H18N4O. The SMILES string of the molecule is CN(C(=O)C1CC(N)C1)c1ccc2c(c1)ncn2C. The number of imidazole rings is 1. The van der Waals surface area contributed by atoms with Crippen molar-refractivity contribution in [3.8, 4) is 0 Å². The van der Waals surface area contributed by atoms with Crippen molar-refractivity contribution < 1.29 is 4.79 Å². The third kappa shape index (κ3) is 2.00. The summed E-state index contributed by atoms with van der Waals surface area (Å²) in [6.07, 6.45) is 3.38. The summed E-state index contributed by atoms with van der Waals surface area (Å²) in [5.41, 5.74) is 8.60. The average Bonchev–Trinajstić information content (AvgIpc) is 2.74. The van der Waals surface area contributed by atoms with Crippen LogP contribution in [0.3, 0.4) is 0 Å². The molecule has 1 aliphatic carbocycles. The Morgan fingerprint density at radius 3 is 2.89 bits per heavy atom. The first-order valence-electron chi connectivity index (χ1n) is 6.50. The van der Waals surface area contributed by atoms with Gasteiger partial charge in [-0.25, -0.2) is 4.98 Å². The summed E-state index contributed by atoms with van der Waals surface area (Å²) in [7, 11) is 3.77. The molecule has 5 heteroatoms. The van der Waals surface area contributed by atoms with Crippen LogP contribution in [0.4, 0.5) is 5.69 Å². The lowest BCUT2D eigenvalue weighted by atomic mass is 9.80. The number of amides is 1. The monoisotopic (exact) mass is 258 g/mol. The van der Waals surface area contributed by atoms with Gasteiger partial charge < -0.3 is 15.2 Å². The molecule has 0 saturated heterocycles. The van der Waals surface area contributed by atoms with E-state index in [9.17, 15) is 4.79 Å². The summed E-state index contributed by atoms with van der Waals surface area (Å²) < 4.78 is 1.96. The predicted molar refractivity (Wildman–Crippen MR) is 74.8 cm³/mol. The normalized spacial score (nSPS) is 22.3. The van der Waals surface area contributed by atoms with Gasteiger partial charge in [-0.2, -0.15) is 0 Å². The number of nitrogens with two attached hydrogens (primary N) is 1. The van der Waals surface area contributed by atoms with Crippen LogP contribution in [-0.4, -0.2) is 28.5 Å². The summed E-state index contributed by atoms with van der Waals surface area (Å²) in [4.78, 5) is 18.3. The number of carbonyl (C=O) groups excluding carboxylic acids is 1. The maximum atomic E-state index is 12.3. The van der Waals surface area contributed by atoms with Gasteiger partial charge in [-0.05, 0) is 31.0 Å². The van der Waals surface area contributed by atoms with Gasteiger partial charge in [0.2, 0.25) is 5.91 Å². The number of benzene rings is 1. The van der Waals surface area contributed by atoms with Gasteiger partial charge in [-0.3, -0.25) is 4.79 Å². The van der Waals surface area contributed by atoms with Gasteiger partial charge >= 0.3 is 0 Å². The molecule has 19 heavy (non-hydrogen) atoms. The third-order valence-corrected chi connectivity index (χ3v) is 3.95. The van der Waals surface area contributed by atoms with Crippen LogP contribution in [0.25, 0.3) is 11.0 Å². The largest absolute Gasteiger partial charge is 0.334 e. The maximum absolute atomic E-state index is 12.3. The van der Waals surface area contributed by atoms with Crippen molar-refractivity contribution in [3.63, 3.8) is 0 Å². The first kappa shape index (κ1) is 12.2. The topological polar surface area (TPSA) is 64.2 Å².